The molecular weight excluding hydrogens is 294 g/mol. The lowest BCUT2D eigenvalue weighted by Gasteiger charge is -2.06. The molecule has 0 N–H and O–H groups in total. The number of benzene rings is 1. The van der Waals surface area contributed by atoms with Crippen molar-refractivity contribution in [2.75, 3.05) is 0 Å². The molecule has 0 saturated heterocycles. The van der Waals surface area contributed by atoms with Crippen molar-refractivity contribution in [3.8, 4) is 0 Å². The van der Waals surface area contributed by atoms with Crippen LogP contribution >= 0.6 is 23.2 Å². The van der Waals surface area contributed by atoms with Gasteiger partial charge in [-0.3, -0.25) is 0 Å². The molecule has 0 atom stereocenters. The third kappa shape index (κ3) is 3.39. The maximum Gasteiger partial charge on any atom is 0.341 e. The van der Waals surface area contributed by atoms with Gasteiger partial charge in [0.15, 0.2) is 10.3 Å². The smallest absolute Gasteiger partial charge is 0.341 e. The predicted molar refractivity (Wildman–Crippen MR) is 67.6 cm³/mol. The molecule has 0 aliphatic heterocycles. The fourth-order valence-corrected chi connectivity index (χ4v) is 1.65. The van der Waals surface area contributed by atoms with E-state index in [4.69, 9.17) is 27.9 Å². The second-order valence-corrected chi connectivity index (χ2v) is 4.28. The summed E-state index contributed by atoms with van der Waals surface area (Å²) in [5.41, 5.74) is 0.248. The van der Waals surface area contributed by atoms with E-state index in [0.29, 0.717) is 0 Å². The fraction of sp³-hybridized carbons (Fsp3) is 0.0833. The molecule has 2 rings (SSSR count). The summed E-state index contributed by atoms with van der Waals surface area (Å²) < 4.78 is 18.3. The molecular formula is C12H7Cl2FN2O2. The summed E-state index contributed by atoms with van der Waals surface area (Å²) in [4.78, 5) is 11.7. The van der Waals surface area contributed by atoms with Crippen molar-refractivity contribution in [1.29, 1.82) is 0 Å². The lowest BCUT2D eigenvalue weighted by Crippen LogP contribution is -2.08. The zero-order chi connectivity index (χ0) is 13.8. The number of carbonyl (C=O) groups is 1. The Hall–Kier alpha value is -1.72. The van der Waals surface area contributed by atoms with Crippen LogP contribution in [0.5, 0.6) is 0 Å². The van der Waals surface area contributed by atoms with Gasteiger partial charge in [0, 0.05) is 5.56 Å². The first-order chi connectivity index (χ1) is 9.08. The van der Waals surface area contributed by atoms with Gasteiger partial charge in [0.1, 0.15) is 18.0 Å². The Kier molecular flexibility index (Phi) is 4.29. The van der Waals surface area contributed by atoms with Crippen molar-refractivity contribution in [1.82, 2.24) is 10.2 Å². The van der Waals surface area contributed by atoms with Crippen LogP contribution in [-0.2, 0) is 11.3 Å². The average Bonchev–Trinajstić information content (AvgIpc) is 2.40. The third-order valence-electron chi connectivity index (χ3n) is 2.26. The first kappa shape index (κ1) is 13.7. The molecule has 19 heavy (non-hydrogen) atoms. The standard InChI is InChI=1S/C12H7Cl2FN2O2/c13-10-5-8(11(14)17-16-10)12(18)19-6-7-3-1-2-4-9(7)15/h1-5H,6H2. The minimum atomic E-state index is -0.745. The van der Waals surface area contributed by atoms with Crippen LogP contribution in [0.3, 0.4) is 0 Å². The lowest BCUT2D eigenvalue weighted by molar-refractivity contribution is 0.0468. The number of rotatable bonds is 3. The average molecular weight is 301 g/mol. The van der Waals surface area contributed by atoms with E-state index in [2.05, 4.69) is 10.2 Å². The van der Waals surface area contributed by atoms with Gasteiger partial charge in [-0.05, 0) is 12.1 Å². The van der Waals surface area contributed by atoms with Gasteiger partial charge >= 0.3 is 5.97 Å². The predicted octanol–water partition coefficient (Wildman–Crippen LogP) is 3.28. The van der Waals surface area contributed by atoms with Gasteiger partial charge in [0.2, 0.25) is 0 Å². The Bertz CT molecular complexity index is 622. The van der Waals surface area contributed by atoms with E-state index < -0.39 is 11.8 Å². The Labute approximate surface area is 118 Å². The van der Waals surface area contributed by atoms with Crippen LogP contribution in [0.4, 0.5) is 4.39 Å². The summed E-state index contributed by atoms with van der Waals surface area (Å²) in [7, 11) is 0. The molecule has 7 heteroatoms. The van der Waals surface area contributed by atoms with Crippen LogP contribution in [0.2, 0.25) is 10.3 Å². The number of carbonyl (C=O) groups excluding carboxylic acids is 1. The first-order valence-electron chi connectivity index (χ1n) is 5.17. The largest absolute Gasteiger partial charge is 0.457 e. The molecule has 0 unspecified atom stereocenters. The van der Waals surface area contributed by atoms with Crippen LogP contribution in [0.15, 0.2) is 30.3 Å². The summed E-state index contributed by atoms with van der Waals surface area (Å²) in [5, 5.41) is 6.84. The molecule has 0 radical (unpaired) electrons. The molecule has 0 amide bonds. The van der Waals surface area contributed by atoms with Gasteiger partial charge < -0.3 is 4.74 Å². The molecule has 0 bridgehead atoms. The summed E-state index contributed by atoms with van der Waals surface area (Å²) in [6.45, 7) is -0.207. The molecule has 0 fully saturated rings. The van der Waals surface area contributed by atoms with E-state index in [1.807, 2.05) is 0 Å². The maximum absolute atomic E-state index is 13.3. The number of aromatic nitrogens is 2. The number of hydrogen-bond donors (Lipinski definition) is 0. The van der Waals surface area contributed by atoms with Gasteiger partial charge in [0.25, 0.3) is 0 Å². The Morgan fingerprint density at radius 3 is 2.74 bits per heavy atom. The van der Waals surface area contributed by atoms with Crippen molar-refractivity contribution in [3.05, 3.63) is 57.6 Å². The van der Waals surface area contributed by atoms with Crippen molar-refractivity contribution in [3.63, 3.8) is 0 Å². The quantitative estimate of drug-likeness (QED) is 0.816. The highest BCUT2D eigenvalue weighted by Gasteiger charge is 2.15. The summed E-state index contributed by atoms with van der Waals surface area (Å²) in [6, 6.07) is 7.22. The third-order valence-corrected chi connectivity index (χ3v) is 2.72. The van der Waals surface area contributed by atoms with Gasteiger partial charge in [0.05, 0.1) is 0 Å². The minimum absolute atomic E-state index is 0.0157. The first-order valence-corrected chi connectivity index (χ1v) is 5.93. The van der Waals surface area contributed by atoms with Crippen molar-refractivity contribution in [2.45, 2.75) is 6.61 Å². The molecule has 0 aliphatic carbocycles. The summed E-state index contributed by atoms with van der Waals surface area (Å²) >= 11 is 11.3. The lowest BCUT2D eigenvalue weighted by atomic mass is 10.2. The van der Waals surface area contributed by atoms with Crippen LogP contribution in [-0.4, -0.2) is 16.2 Å². The molecule has 0 aliphatic rings. The number of nitrogens with zero attached hydrogens (tertiary/aromatic N) is 2. The number of halogens is 3. The molecule has 1 aromatic heterocycles. The minimum Gasteiger partial charge on any atom is -0.457 e. The molecule has 0 saturated carbocycles. The van der Waals surface area contributed by atoms with E-state index in [1.165, 1.54) is 18.2 Å². The van der Waals surface area contributed by atoms with Gasteiger partial charge in [-0.1, -0.05) is 41.4 Å². The van der Waals surface area contributed by atoms with Crippen molar-refractivity contribution < 1.29 is 13.9 Å². The zero-order valence-electron chi connectivity index (χ0n) is 9.44. The highest BCUT2D eigenvalue weighted by atomic mass is 35.5. The van der Waals surface area contributed by atoms with E-state index >= 15 is 0 Å². The Morgan fingerprint density at radius 2 is 2.00 bits per heavy atom. The van der Waals surface area contributed by atoms with E-state index in [9.17, 15) is 9.18 Å². The Morgan fingerprint density at radius 1 is 1.26 bits per heavy atom. The second-order valence-electron chi connectivity index (χ2n) is 3.54. The molecule has 0 spiro atoms. The van der Waals surface area contributed by atoms with E-state index in [0.717, 1.165) is 0 Å². The number of ether oxygens (including phenoxy) is 1. The molecule has 4 nitrogen and oxygen atoms in total. The molecule has 1 heterocycles. The summed E-state index contributed by atoms with van der Waals surface area (Å²) in [6.07, 6.45) is 0. The number of esters is 1. The normalized spacial score (nSPS) is 10.3. The van der Waals surface area contributed by atoms with E-state index in [-0.39, 0.29) is 28.0 Å². The topological polar surface area (TPSA) is 52.1 Å². The fourth-order valence-electron chi connectivity index (χ4n) is 1.33. The SMILES string of the molecule is O=C(OCc1ccccc1F)c1cc(Cl)nnc1Cl. The van der Waals surface area contributed by atoms with Crippen molar-refractivity contribution >= 4 is 29.2 Å². The van der Waals surface area contributed by atoms with Gasteiger partial charge in [-0.15, -0.1) is 10.2 Å². The number of hydrogen-bond acceptors (Lipinski definition) is 4. The highest BCUT2D eigenvalue weighted by Crippen LogP contribution is 2.17. The summed E-state index contributed by atoms with van der Waals surface area (Å²) in [5.74, 6) is -1.20. The maximum atomic E-state index is 13.3. The Balaban J connectivity index is 2.10. The second kappa shape index (κ2) is 5.95. The monoisotopic (exact) mass is 300 g/mol. The zero-order valence-corrected chi connectivity index (χ0v) is 11.0. The van der Waals surface area contributed by atoms with Crippen molar-refractivity contribution in [2.24, 2.45) is 0 Å². The van der Waals surface area contributed by atoms with Crippen LogP contribution < -0.4 is 0 Å². The molecule has 1 aromatic carbocycles. The van der Waals surface area contributed by atoms with Crippen LogP contribution in [0, 0.1) is 5.82 Å². The molecule has 98 valence electrons. The molecule has 2 aromatic rings. The van der Waals surface area contributed by atoms with Crippen LogP contribution in [0.25, 0.3) is 0 Å². The van der Waals surface area contributed by atoms with Gasteiger partial charge in [-0.25, -0.2) is 9.18 Å². The highest BCUT2D eigenvalue weighted by molar-refractivity contribution is 6.33. The van der Waals surface area contributed by atoms with E-state index in [1.54, 1.807) is 12.1 Å². The van der Waals surface area contributed by atoms with Crippen LogP contribution in [0.1, 0.15) is 15.9 Å². The van der Waals surface area contributed by atoms with Gasteiger partial charge in [-0.2, -0.15) is 0 Å².